The Hall–Kier alpha value is -3.53. The van der Waals surface area contributed by atoms with Gasteiger partial charge < -0.3 is 9.47 Å². The monoisotopic (exact) mass is 495 g/mol. The molecule has 3 aromatic carbocycles. The van der Waals surface area contributed by atoms with Gasteiger partial charge in [-0.25, -0.2) is 17.9 Å². The summed E-state index contributed by atoms with van der Waals surface area (Å²) in [6, 6.07) is 20.7. The minimum absolute atomic E-state index is 0.000339. The number of ether oxygens (including phenoxy) is 2. The predicted molar refractivity (Wildman–Crippen MR) is 132 cm³/mol. The van der Waals surface area contributed by atoms with Crippen LogP contribution in [0.1, 0.15) is 18.2 Å². The Kier molecular flexibility index (Phi) is 7.30. The van der Waals surface area contributed by atoms with Gasteiger partial charge in [-0.05, 0) is 42.3 Å². The lowest BCUT2D eigenvalue weighted by Gasteiger charge is -2.11. The van der Waals surface area contributed by atoms with E-state index in [1.54, 1.807) is 24.3 Å². The molecule has 2 N–H and O–H groups in total. The summed E-state index contributed by atoms with van der Waals surface area (Å²) in [5.74, 6) is -0.363. The molecule has 1 aromatic heterocycles. The van der Waals surface area contributed by atoms with Gasteiger partial charge in [-0.15, -0.1) is 0 Å². The van der Waals surface area contributed by atoms with Gasteiger partial charge in [0.1, 0.15) is 5.69 Å². The second-order valence-electron chi connectivity index (χ2n) is 7.88. The van der Waals surface area contributed by atoms with E-state index in [1.165, 1.54) is 25.3 Å². The number of benzene rings is 3. The van der Waals surface area contributed by atoms with E-state index in [0.717, 1.165) is 11.3 Å². The van der Waals surface area contributed by atoms with Gasteiger partial charge >= 0.3 is 0 Å². The fourth-order valence-corrected chi connectivity index (χ4v) is 4.39. The van der Waals surface area contributed by atoms with Crippen molar-refractivity contribution in [3.63, 3.8) is 0 Å². The second-order valence-corrected chi connectivity index (χ2v) is 9.44. The van der Waals surface area contributed by atoms with Gasteiger partial charge in [0, 0.05) is 17.7 Å². The normalized spacial score (nSPS) is 11.5. The third kappa shape index (κ3) is 5.43. The summed E-state index contributed by atoms with van der Waals surface area (Å²) in [6.07, 6.45) is 0. The van der Waals surface area contributed by atoms with Crippen molar-refractivity contribution in [1.29, 1.82) is 0 Å². The summed E-state index contributed by atoms with van der Waals surface area (Å²) in [5.41, 5.74) is 4.36. The molecule has 9 heteroatoms. The Balaban J connectivity index is 1.80. The Labute approximate surface area is 204 Å². The molecule has 0 radical (unpaired) electrons. The van der Waals surface area contributed by atoms with E-state index in [9.17, 15) is 12.8 Å². The first kappa shape index (κ1) is 24.6. The summed E-state index contributed by atoms with van der Waals surface area (Å²) >= 11 is 0. The van der Waals surface area contributed by atoms with Crippen molar-refractivity contribution < 1.29 is 22.3 Å². The van der Waals surface area contributed by atoms with Gasteiger partial charge in [0.2, 0.25) is 10.0 Å². The molecule has 1 heterocycles. The van der Waals surface area contributed by atoms with Crippen LogP contribution in [0, 0.1) is 5.82 Å². The fraction of sp³-hybridized carbons (Fsp3) is 0.192. The van der Waals surface area contributed by atoms with E-state index in [4.69, 9.17) is 19.7 Å². The molecule has 0 aliphatic carbocycles. The van der Waals surface area contributed by atoms with Crippen LogP contribution in [0.15, 0.2) is 77.7 Å². The van der Waals surface area contributed by atoms with E-state index in [1.807, 2.05) is 41.9 Å². The standard InChI is InChI=1S/C26H26FN3O4S/c1-3-30-23(17-34-16-18-7-5-4-6-8-18)25(20-11-14-24(33-2)22(27)15-20)26(29-30)19-9-12-21(13-10-19)35(28,31)32/h4-15H,3,16-17H2,1-2H3,(H2,28,31,32). The number of nitrogens with zero attached hydrogens (tertiary/aromatic N) is 2. The molecular formula is C26H26FN3O4S. The van der Waals surface area contributed by atoms with Gasteiger partial charge in [0.25, 0.3) is 0 Å². The smallest absolute Gasteiger partial charge is 0.238 e. The Morgan fingerprint density at radius 1 is 0.971 bits per heavy atom. The predicted octanol–water partition coefficient (Wildman–Crippen LogP) is 4.75. The van der Waals surface area contributed by atoms with Crippen LogP contribution >= 0.6 is 0 Å². The van der Waals surface area contributed by atoms with Gasteiger partial charge in [-0.2, -0.15) is 5.10 Å². The van der Waals surface area contributed by atoms with Crippen LogP contribution in [0.25, 0.3) is 22.4 Å². The molecule has 0 saturated carbocycles. The lowest BCUT2D eigenvalue weighted by molar-refractivity contribution is 0.102. The molecule has 7 nitrogen and oxygen atoms in total. The highest BCUT2D eigenvalue weighted by molar-refractivity contribution is 7.89. The number of sulfonamides is 1. The molecule has 0 spiro atoms. The quantitative estimate of drug-likeness (QED) is 0.362. The maximum Gasteiger partial charge on any atom is 0.238 e. The van der Waals surface area contributed by atoms with E-state index in [2.05, 4.69) is 0 Å². The van der Waals surface area contributed by atoms with Crippen LogP contribution in [-0.2, 0) is 34.5 Å². The number of hydrogen-bond donors (Lipinski definition) is 1. The molecule has 0 saturated heterocycles. The van der Waals surface area contributed by atoms with Crippen molar-refractivity contribution in [3.8, 4) is 28.1 Å². The van der Waals surface area contributed by atoms with Crippen molar-refractivity contribution in [2.45, 2.75) is 31.6 Å². The Morgan fingerprint density at radius 3 is 2.26 bits per heavy atom. The number of methoxy groups -OCH3 is 1. The van der Waals surface area contributed by atoms with E-state index in [0.29, 0.717) is 35.5 Å². The third-order valence-electron chi connectivity index (χ3n) is 5.60. The summed E-state index contributed by atoms with van der Waals surface area (Å²) in [4.78, 5) is -0.000339. The molecule has 0 fully saturated rings. The molecule has 0 bridgehead atoms. The van der Waals surface area contributed by atoms with E-state index >= 15 is 0 Å². The van der Waals surface area contributed by atoms with Crippen molar-refractivity contribution in [3.05, 3.63) is 89.9 Å². The summed E-state index contributed by atoms with van der Waals surface area (Å²) in [6.45, 7) is 3.17. The molecule has 35 heavy (non-hydrogen) atoms. The first-order valence-electron chi connectivity index (χ1n) is 11.0. The van der Waals surface area contributed by atoms with Gasteiger partial charge in [-0.3, -0.25) is 4.68 Å². The first-order valence-corrected chi connectivity index (χ1v) is 12.5. The zero-order valence-corrected chi connectivity index (χ0v) is 20.3. The van der Waals surface area contributed by atoms with Crippen LogP contribution in [0.4, 0.5) is 4.39 Å². The molecule has 4 rings (SSSR count). The number of nitrogens with two attached hydrogens (primary N) is 1. The molecule has 0 unspecified atom stereocenters. The maximum absolute atomic E-state index is 14.7. The summed E-state index contributed by atoms with van der Waals surface area (Å²) < 4.78 is 51.0. The molecule has 182 valence electrons. The lowest BCUT2D eigenvalue weighted by Crippen LogP contribution is -2.11. The fourth-order valence-electron chi connectivity index (χ4n) is 3.87. The highest BCUT2D eigenvalue weighted by Gasteiger charge is 2.22. The molecule has 4 aromatic rings. The topological polar surface area (TPSA) is 96.4 Å². The third-order valence-corrected chi connectivity index (χ3v) is 6.53. The minimum Gasteiger partial charge on any atom is -0.494 e. The molecule has 0 amide bonds. The zero-order chi connectivity index (χ0) is 25.0. The largest absolute Gasteiger partial charge is 0.494 e. The van der Waals surface area contributed by atoms with Crippen molar-refractivity contribution in [2.75, 3.05) is 7.11 Å². The molecule has 0 aliphatic rings. The number of primary sulfonamides is 1. The first-order chi connectivity index (χ1) is 16.8. The average molecular weight is 496 g/mol. The number of aryl methyl sites for hydroxylation is 1. The minimum atomic E-state index is -3.83. The molecule has 0 atom stereocenters. The lowest BCUT2D eigenvalue weighted by atomic mass is 9.98. The highest BCUT2D eigenvalue weighted by atomic mass is 32.2. The number of aromatic nitrogens is 2. The van der Waals surface area contributed by atoms with Gasteiger partial charge in [-0.1, -0.05) is 48.5 Å². The van der Waals surface area contributed by atoms with Crippen LogP contribution in [-0.4, -0.2) is 25.3 Å². The summed E-state index contributed by atoms with van der Waals surface area (Å²) in [5, 5.41) is 10.0. The van der Waals surface area contributed by atoms with Crippen LogP contribution in [0.5, 0.6) is 5.75 Å². The average Bonchev–Trinajstić information content (AvgIpc) is 3.22. The Morgan fingerprint density at radius 2 is 1.66 bits per heavy atom. The molecule has 0 aliphatic heterocycles. The zero-order valence-electron chi connectivity index (χ0n) is 19.4. The number of halogens is 1. The van der Waals surface area contributed by atoms with E-state index in [-0.39, 0.29) is 17.3 Å². The Bertz CT molecular complexity index is 1420. The van der Waals surface area contributed by atoms with Crippen LogP contribution in [0.3, 0.4) is 0 Å². The van der Waals surface area contributed by atoms with E-state index < -0.39 is 15.8 Å². The SMILES string of the molecule is CCn1nc(-c2ccc(S(N)(=O)=O)cc2)c(-c2ccc(OC)c(F)c2)c1COCc1ccccc1. The molecular weight excluding hydrogens is 469 g/mol. The van der Waals surface area contributed by atoms with Crippen LogP contribution < -0.4 is 9.88 Å². The summed E-state index contributed by atoms with van der Waals surface area (Å²) in [7, 11) is -2.42. The van der Waals surface area contributed by atoms with Crippen molar-refractivity contribution in [1.82, 2.24) is 9.78 Å². The van der Waals surface area contributed by atoms with Gasteiger partial charge in [0.15, 0.2) is 11.6 Å². The maximum atomic E-state index is 14.7. The van der Waals surface area contributed by atoms with Crippen molar-refractivity contribution in [2.24, 2.45) is 5.14 Å². The number of rotatable bonds is 9. The second kappa shape index (κ2) is 10.4. The number of hydrogen-bond acceptors (Lipinski definition) is 5. The van der Waals surface area contributed by atoms with Crippen molar-refractivity contribution >= 4 is 10.0 Å². The van der Waals surface area contributed by atoms with Crippen LogP contribution in [0.2, 0.25) is 0 Å². The van der Waals surface area contributed by atoms with Gasteiger partial charge in [0.05, 0.1) is 30.9 Å². The highest BCUT2D eigenvalue weighted by Crippen LogP contribution is 2.37.